The Hall–Kier alpha value is -1.75. The molecule has 5 heteroatoms. The smallest absolute Gasteiger partial charge is 0.340 e. The molecule has 1 aromatic rings. The molecule has 0 atom stereocenters. The summed E-state index contributed by atoms with van der Waals surface area (Å²) in [6.07, 6.45) is 0.213. The van der Waals surface area contributed by atoms with Crippen LogP contribution in [0.1, 0.15) is 24.2 Å². The van der Waals surface area contributed by atoms with Gasteiger partial charge in [0.15, 0.2) is 0 Å². The number of carbonyl (C=O) groups is 1. The first kappa shape index (κ1) is 15.3. The van der Waals surface area contributed by atoms with Crippen LogP contribution in [0.2, 0.25) is 0 Å². The van der Waals surface area contributed by atoms with E-state index in [1.165, 1.54) is 7.11 Å². The summed E-state index contributed by atoms with van der Waals surface area (Å²) in [6.45, 7) is 5.37. The van der Waals surface area contributed by atoms with Crippen LogP contribution in [-0.4, -0.2) is 39.4 Å². The summed E-state index contributed by atoms with van der Waals surface area (Å²) < 4.78 is 10.2. The van der Waals surface area contributed by atoms with Crippen LogP contribution in [0.25, 0.3) is 0 Å². The molecule has 106 valence electrons. The van der Waals surface area contributed by atoms with Gasteiger partial charge in [-0.3, -0.25) is 0 Å². The summed E-state index contributed by atoms with van der Waals surface area (Å²) in [5.41, 5.74) is 7.47. The van der Waals surface area contributed by atoms with Crippen molar-refractivity contribution in [3.05, 3.63) is 23.8 Å². The number of likely N-dealkylation sites (N-methyl/N-ethyl adjacent to an activating group) is 1. The van der Waals surface area contributed by atoms with E-state index in [9.17, 15) is 4.79 Å². The summed E-state index contributed by atoms with van der Waals surface area (Å²) in [4.78, 5) is 13.6. The first-order valence-electron chi connectivity index (χ1n) is 6.26. The first-order chi connectivity index (χ1) is 8.95. The lowest BCUT2D eigenvalue weighted by Gasteiger charge is -2.21. The van der Waals surface area contributed by atoms with E-state index in [1.54, 1.807) is 12.1 Å². The topological polar surface area (TPSA) is 64.8 Å². The Bertz CT molecular complexity index is 433. The standard InChI is InChI=1S/C14H22N2O3/c1-10(2)19-8-7-16(3)11-5-6-13(15)12(9-11)14(17)18-4/h5-6,9-10H,7-8,15H2,1-4H3. The van der Waals surface area contributed by atoms with Gasteiger partial charge in [-0.05, 0) is 32.0 Å². The number of nitrogens with zero attached hydrogens (tertiary/aromatic N) is 1. The quantitative estimate of drug-likeness (QED) is 0.629. The predicted octanol–water partition coefficient (Wildman–Crippen LogP) is 1.92. The Morgan fingerprint density at radius 2 is 2.11 bits per heavy atom. The first-order valence-corrected chi connectivity index (χ1v) is 6.26. The molecule has 0 heterocycles. The number of hydrogen-bond acceptors (Lipinski definition) is 5. The van der Waals surface area contributed by atoms with Gasteiger partial charge < -0.3 is 20.1 Å². The lowest BCUT2D eigenvalue weighted by molar-refractivity contribution is 0.0602. The Morgan fingerprint density at radius 3 is 2.68 bits per heavy atom. The Kier molecular flexibility index (Phi) is 5.63. The fourth-order valence-corrected chi connectivity index (χ4v) is 1.62. The maximum absolute atomic E-state index is 11.6. The average Bonchev–Trinajstić information content (AvgIpc) is 2.37. The zero-order valence-corrected chi connectivity index (χ0v) is 12.0. The van der Waals surface area contributed by atoms with Crippen LogP contribution in [0, 0.1) is 0 Å². The van der Waals surface area contributed by atoms with Crippen LogP contribution < -0.4 is 10.6 Å². The minimum absolute atomic E-state index is 0.213. The molecule has 0 fully saturated rings. The zero-order valence-electron chi connectivity index (χ0n) is 12.0. The highest BCUT2D eigenvalue weighted by Crippen LogP contribution is 2.21. The van der Waals surface area contributed by atoms with Gasteiger partial charge in [0.25, 0.3) is 0 Å². The largest absolute Gasteiger partial charge is 0.465 e. The van der Waals surface area contributed by atoms with E-state index >= 15 is 0 Å². The van der Waals surface area contributed by atoms with Crippen molar-refractivity contribution in [1.82, 2.24) is 0 Å². The monoisotopic (exact) mass is 266 g/mol. The van der Waals surface area contributed by atoms with E-state index in [1.807, 2.05) is 31.9 Å². The van der Waals surface area contributed by atoms with Crippen molar-refractivity contribution in [2.75, 3.05) is 37.9 Å². The molecule has 5 nitrogen and oxygen atoms in total. The maximum Gasteiger partial charge on any atom is 0.340 e. The van der Waals surface area contributed by atoms with Gasteiger partial charge in [0.05, 0.1) is 25.4 Å². The van der Waals surface area contributed by atoms with Gasteiger partial charge in [-0.1, -0.05) is 0 Å². The number of benzene rings is 1. The summed E-state index contributed by atoms with van der Waals surface area (Å²) in [5, 5.41) is 0. The second-order valence-electron chi connectivity index (χ2n) is 4.60. The molecule has 0 bridgehead atoms. The van der Waals surface area contributed by atoms with Gasteiger partial charge in [0, 0.05) is 25.0 Å². The lowest BCUT2D eigenvalue weighted by atomic mass is 10.1. The van der Waals surface area contributed by atoms with Crippen LogP contribution in [0.15, 0.2) is 18.2 Å². The molecular formula is C14H22N2O3. The molecule has 0 amide bonds. The van der Waals surface area contributed by atoms with Crippen molar-refractivity contribution in [2.45, 2.75) is 20.0 Å². The third-order valence-electron chi connectivity index (χ3n) is 2.76. The van der Waals surface area contributed by atoms with Crippen LogP contribution in [-0.2, 0) is 9.47 Å². The average molecular weight is 266 g/mol. The molecule has 19 heavy (non-hydrogen) atoms. The van der Waals surface area contributed by atoms with E-state index in [4.69, 9.17) is 15.2 Å². The Balaban J connectivity index is 2.75. The van der Waals surface area contributed by atoms with E-state index in [-0.39, 0.29) is 6.10 Å². The number of nitrogen functional groups attached to an aromatic ring is 1. The summed E-state index contributed by atoms with van der Waals surface area (Å²) in [7, 11) is 3.28. The molecular weight excluding hydrogens is 244 g/mol. The third kappa shape index (κ3) is 4.44. The van der Waals surface area contributed by atoms with Crippen molar-refractivity contribution < 1.29 is 14.3 Å². The summed E-state index contributed by atoms with van der Waals surface area (Å²) >= 11 is 0. The van der Waals surface area contributed by atoms with E-state index in [0.29, 0.717) is 17.9 Å². The molecule has 0 saturated carbocycles. The summed E-state index contributed by atoms with van der Waals surface area (Å²) in [5.74, 6) is -0.425. The molecule has 0 aromatic heterocycles. The van der Waals surface area contributed by atoms with Crippen molar-refractivity contribution in [3.63, 3.8) is 0 Å². The molecule has 0 saturated heterocycles. The molecule has 2 N–H and O–H groups in total. The van der Waals surface area contributed by atoms with E-state index in [2.05, 4.69) is 0 Å². The Labute approximate surface area is 114 Å². The molecule has 0 aliphatic heterocycles. The van der Waals surface area contributed by atoms with Crippen LogP contribution in [0.4, 0.5) is 11.4 Å². The van der Waals surface area contributed by atoms with Gasteiger partial charge in [-0.15, -0.1) is 0 Å². The molecule has 0 aliphatic rings. The Morgan fingerprint density at radius 1 is 1.42 bits per heavy atom. The van der Waals surface area contributed by atoms with Crippen molar-refractivity contribution >= 4 is 17.3 Å². The SMILES string of the molecule is COC(=O)c1cc(N(C)CCOC(C)C)ccc1N. The van der Waals surface area contributed by atoms with Crippen molar-refractivity contribution in [2.24, 2.45) is 0 Å². The van der Waals surface area contributed by atoms with Crippen molar-refractivity contribution in [3.8, 4) is 0 Å². The number of carbonyl (C=O) groups excluding carboxylic acids is 1. The second-order valence-corrected chi connectivity index (χ2v) is 4.60. The van der Waals surface area contributed by atoms with Gasteiger partial charge >= 0.3 is 5.97 Å². The van der Waals surface area contributed by atoms with E-state index < -0.39 is 5.97 Å². The predicted molar refractivity (Wildman–Crippen MR) is 76.6 cm³/mol. The molecule has 0 spiro atoms. The second kappa shape index (κ2) is 6.99. The van der Waals surface area contributed by atoms with Gasteiger partial charge in [0.2, 0.25) is 0 Å². The van der Waals surface area contributed by atoms with Gasteiger partial charge in [-0.2, -0.15) is 0 Å². The minimum Gasteiger partial charge on any atom is -0.465 e. The molecule has 0 aliphatic carbocycles. The fraction of sp³-hybridized carbons (Fsp3) is 0.500. The fourth-order valence-electron chi connectivity index (χ4n) is 1.62. The van der Waals surface area contributed by atoms with Gasteiger partial charge in [-0.25, -0.2) is 4.79 Å². The third-order valence-corrected chi connectivity index (χ3v) is 2.76. The molecule has 0 radical (unpaired) electrons. The number of nitrogens with two attached hydrogens (primary N) is 1. The minimum atomic E-state index is -0.425. The number of methoxy groups -OCH3 is 1. The van der Waals surface area contributed by atoms with Crippen LogP contribution in [0.3, 0.4) is 0 Å². The maximum atomic E-state index is 11.6. The van der Waals surface area contributed by atoms with Crippen molar-refractivity contribution in [1.29, 1.82) is 0 Å². The molecule has 1 aromatic carbocycles. The number of ether oxygens (including phenoxy) is 2. The number of anilines is 2. The number of hydrogen-bond donors (Lipinski definition) is 1. The van der Waals surface area contributed by atoms with Crippen LogP contribution >= 0.6 is 0 Å². The highest BCUT2D eigenvalue weighted by atomic mass is 16.5. The van der Waals surface area contributed by atoms with E-state index in [0.717, 1.165) is 12.2 Å². The molecule has 1 rings (SSSR count). The highest BCUT2D eigenvalue weighted by Gasteiger charge is 2.12. The lowest BCUT2D eigenvalue weighted by Crippen LogP contribution is -2.24. The molecule has 0 unspecified atom stereocenters. The normalized spacial score (nSPS) is 10.6. The number of rotatable bonds is 6. The number of esters is 1. The van der Waals surface area contributed by atoms with Gasteiger partial charge in [0.1, 0.15) is 0 Å². The van der Waals surface area contributed by atoms with Crippen LogP contribution in [0.5, 0.6) is 0 Å². The zero-order chi connectivity index (χ0) is 14.4. The summed E-state index contributed by atoms with van der Waals surface area (Å²) in [6, 6.07) is 5.31. The highest BCUT2D eigenvalue weighted by molar-refractivity contribution is 5.96.